The summed E-state index contributed by atoms with van der Waals surface area (Å²) < 4.78 is 5.99. The van der Waals surface area contributed by atoms with Crippen molar-refractivity contribution < 1.29 is 14.3 Å². The van der Waals surface area contributed by atoms with E-state index in [0.717, 1.165) is 15.0 Å². The molecule has 0 spiro atoms. The zero-order valence-corrected chi connectivity index (χ0v) is 13.8. The Balaban J connectivity index is 1.97. The average Bonchev–Trinajstić information content (AvgIpc) is 2.79. The first-order valence-corrected chi connectivity index (χ1v) is 7.99. The molecular weight excluding hydrogens is 322 g/mol. The van der Waals surface area contributed by atoms with E-state index >= 15 is 0 Å². The molecule has 2 rings (SSSR count). The number of hydrogen-bond acceptors (Lipinski definition) is 4. The molecule has 116 valence electrons. The molecule has 6 heteroatoms. The molecule has 2 aromatic rings. The van der Waals surface area contributed by atoms with E-state index in [1.165, 1.54) is 17.4 Å². The Hall–Kier alpha value is -1.85. The lowest BCUT2D eigenvalue weighted by Crippen LogP contribution is -2.30. The van der Waals surface area contributed by atoms with Crippen LogP contribution in [0.2, 0.25) is 5.02 Å². The van der Waals surface area contributed by atoms with Crippen LogP contribution in [-0.4, -0.2) is 24.5 Å². The average molecular weight is 338 g/mol. The van der Waals surface area contributed by atoms with Gasteiger partial charge < -0.3 is 10.1 Å². The Morgan fingerprint density at radius 1 is 1.36 bits per heavy atom. The first-order valence-electron chi connectivity index (χ1n) is 6.80. The molecule has 22 heavy (non-hydrogen) atoms. The maximum Gasteiger partial charge on any atom is 0.325 e. The van der Waals surface area contributed by atoms with Crippen LogP contribution >= 0.6 is 22.9 Å². The van der Waals surface area contributed by atoms with E-state index in [4.69, 9.17) is 16.3 Å². The van der Waals surface area contributed by atoms with Gasteiger partial charge in [0, 0.05) is 21.0 Å². The highest BCUT2D eigenvalue weighted by Crippen LogP contribution is 2.35. The number of fused-ring (bicyclic) bond motifs is 1. The number of halogens is 1. The lowest BCUT2D eigenvalue weighted by Gasteiger charge is -2.07. The van der Waals surface area contributed by atoms with Gasteiger partial charge in [0.1, 0.15) is 6.54 Å². The van der Waals surface area contributed by atoms with Crippen molar-refractivity contribution in [1.82, 2.24) is 5.32 Å². The van der Waals surface area contributed by atoms with Gasteiger partial charge in [0.25, 0.3) is 0 Å². The summed E-state index contributed by atoms with van der Waals surface area (Å²) in [6.45, 7) is 3.35. The van der Waals surface area contributed by atoms with Crippen molar-refractivity contribution in [3.8, 4) is 0 Å². The number of rotatable bonds is 5. The number of amides is 1. The zero-order valence-electron chi connectivity index (χ0n) is 12.3. The van der Waals surface area contributed by atoms with Gasteiger partial charge in [-0.1, -0.05) is 29.8 Å². The quantitative estimate of drug-likeness (QED) is 0.669. The van der Waals surface area contributed by atoms with Crippen LogP contribution in [0.4, 0.5) is 0 Å². The van der Waals surface area contributed by atoms with Gasteiger partial charge >= 0.3 is 5.97 Å². The second-order valence-corrected chi connectivity index (χ2v) is 6.33. The van der Waals surface area contributed by atoms with Crippen LogP contribution in [0.15, 0.2) is 30.3 Å². The minimum absolute atomic E-state index is 0.151. The number of hydrogen-bond donors (Lipinski definition) is 1. The molecule has 0 fully saturated rings. The Morgan fingerprint density at radius 2 is 2.09 bits per heavy atom. The second kappa shape index (κ2) is 7.42. The summed E-state index contributed by atoms with van der Waals surface area (Å²) in [5, 5.41) is 4.07. The first-order chi connectivity index (χ1) is 10.5. The van der Waals surface area contributed by atoms with Crippen LogP contribution in [-0.2, 0) is 14.3 Å². The number of nitrogens with one attached hydrogen (secondary N) is 1. The smallest absolute Gasteiger partial charge is 0.325 e. The summed E-state index contributed by atoms with van der Waals surface area (Å²) >= 11 is 7.79. The van der Waals surface area contributed by atoms with Gasteiger partial charge in [-0.25, -0.2) is 0 Å². The summed E-state index contributed by atoms with van der Waals surface area (Å²) in [5.41, 5.74) is 0. The van der Waals surface area contributed by atoms with Crippen molar-refractivity contribution in [3.05, 3.63) is 40.2 Å². The fourth-order valence-corrected chi connectivity index (χ4v) is 3.21. The van der Waals surface area contributed by atoms with Gasteiger partial charge in [-0.15, -0.1) is 11.3 Å². The molecule has 0 unspecified atom stereocenters. The third-order valence-electron chi connectivity index (χ3n) is 2.72. The highest BCUT2D eigenvalue weighted by molar-refractivity contribution is 7.20. The van der Waals surface area contributed by atoms with E-state index in [-0.39, 0.29) is 18.6 Å². The number of carbonyl (C=O) groups excluding carboxylic acids is 2. The molecule has 0 radical (unpaired) electrons. The molecule has 4 nitrogen and oxygen atoms in total. The fourth-order valence-electron chi connectivity index (χ4n) is 1.81. The van der Waals surface area contributed by atoms with E-state index in [0.29, 0.717) is 5.02 Å². The predicted molar refractivity (Wildman–Crippen MR) is 90.1 cm³/mol. The molecule has 1 aromatic heterocycles. The van der Waals surface area contributed by atoms with Gasteiger partial charge in [-0.2, -0.15) is 0 Å². The summed E-state index contributed by atoms with van der Waals surface area (Å²) in [4.78, 5) is 23.8. The Kier molecular flexibility index (Phi) is 5.57. The van der Waals surface area contributed by atoms with Crippen LogP contribution < -0.4 is 5.32 Å². The summed E-state index contributed by atoms with van der Waals surface area (Å²) in [5.74, 6) is -0.828. The largest absolute Gasteiger partial charge is 0.462 e. The lowest BCUT2D eigenvalue weighted by molar-refractivity contribution is -0.147. The summed E-state index contributed by atoms with van der Waals surface area (Å²) in [6, 6.07) is 7.77. The van der Waals surface area contributed by atoms with E-state index in [9.17, 15) is 9.59 Å². The lowest BCUT2D eigenvalue weighted by atomic mass is 10.2. The maximum absolute atomic E-state index is 11.7. The highest BCUT2D eigenvalue weighted by atomic mass is 35.5. The van der Waals surface area contributed by atoms with Crippen LogP contribution in [0.3, 0.4) is 0 Å². The molecule has 0 saturated heterocycles. The fraction of sp³-hybridized carbons (Fsp3) is 0.250. The Morgan fingerprint density at radius 3 is 2.77 bits per heavy atom. The van der Waals surface area contributed by atoms with Gasteiger partial charge in [0.15, 0.2) is 0 Å². The normalized spacial score (nSPS) is 11.3. The van der Waals surface area contributed by atoms with Crippen molar-refractivity contribution in [2.24, 2.45) is 0 Å². The standard InChI is InChI=1S/C16H16ClNO3S/c1-10(2)21-15(20)9-18-14(19)8-7-13-16(17)11-5-3-4-6-12(11)22-13/h3-8,10H,9H2,1-2H3,(H,18,19)/b8-7+. The van der Waals surface area contributed by atoms with Crippen LogP contribution in [0, 0.1) is 0 Å². The Labute approximate surface area is 137 Å². The topological polar surface area (TPSA) is 55.4 Å². The van der Waals surface area contributed by atoms with Crippen LogP contribution in [0.25, 0.3) is 16.2 Å². The van der Waals surface area contributed by atoms with Crippen LogP contribution in [0.1, 0.15) is 18.7 Å². The third-order valence-corrected chi connectivity index (χ3v) is 4.38. The monoisotopic (exact) mass is 337 g/mol. The number of thiophene rings is 1. The van der Waals surface area contributed by atoms with E-state index < -0.39 is 5.97 Å². The minimum atomic E-state index is -0.461. The number of ether oxygens (including phenoxy) is 1. The van der Waals surface area contributed by atoms with Gasteiger partial charge in [0.05, 0.1) is 11.1 Å². The van der Waals surface area contributed by atoms with Crippen molar-refractivity contribution in [1.29, 1.82) is 0 Å². The molecule has 1 aromatic carbocycles. The van der Waals surface area contributed by atoms with E-state index in [2.05, 4.69) is 5.32 Å². The van der Waals surface area contributed by atoms with Crippen molar-refractivity contribution in [2.45, 2.75) is 20.0 Å². The number of carbonyl (C=O) groups is 2. The van der Waals surface area contributed by atoms with E-state index in [1.54, 1.807) is 19.9 Å². The maximum atomic E-state index is 11.7. The van der Waals surface area contributed by atoms with Gasteiger partial charge in [0.2, 0.25) is 5.91 Å². The minimum Gasteiger partial charge on any atom is -0.462 e. The van der Waals surface area contributed by atoms with Crippen molar-refractivity contribution >= 4 is 51.0 Å². The second-order valence-electron chi connectivity index (χ2n) is 4.87. The molecule has 0 atom stereocenters. The molecule has 0 aliphatic rings. The molecule has 1 N–H and O–H groups in total. The molecule has 1 amide bonds. The number of benzene rings is 1. The summed E-state index contributed by atoms with van der Waals surface area (Å²) in [6.07, 6.45) is 2.81. The van der Waals surface area contributed by atoms with Gasteiger partial charge in [-0.05, 0) is 26.0 Å². The van der Waals surface area contributed by atoms with Crippen molar-refractivity contribution in [2.75, 3.05) is 6.54 Å². The molecule has 0 aliphatic heterocycles. The Bertz CT molecular complexity index is 721. The molecule has 1 heterocycles. The highest BCUT2D eigenvalue weighted by Gasteiger charge is 2.09. The third kappa shape index (κ3) is 4.32. The SMILES string of the molecule is CC(C)OC(=O)CNC(=O)/C=C/c1sc2ccccc2c1Cl. The molecule has 0 saturated carbocycles. The van der Waals surface area contributed by atoms with Gasteiger partial charge in [-0.3, -0.25) is 9.59 Å². The van der Waals surface area contributed by atoms with Crippen molar-refractivity contribution in [3.63, 3.8) is 0 Å². The molecule has 0 aliphatic carbocycles. The summed E-state index contributed by atoms with van der Waals surface area (Å²) in [7, 11) is 0. The first kappa shape index (κ1) is 16.5. The molecular formula is C16H16ClNO3S. The van der Waals surface area contributed by atoms with E-state index in [1.807, 2.05) is 24.3 Å². The zero-order chi connectivity index (χ0) is 16.1. The van der Waals surface area contributed by atoms with Crippen LogP contribution in [0.5, 0.6) is 0 Å². The number of esters is 1. The molecule has 0 bridgehead atoms. The predicted octanol–water partition coefficient (Wildman–Crippen LogP) is 3.64.